The van der Waals surface area contributed by atoms with Crippen LogP contribution in [0.3, 0.4) is 0 Å². The highest BCUT2D eigenvalue weighted by Crippen LogP contribution is 2.63. The Labute approximate surface area is 242 Å². The van der Waals surface area contributed by atoms with Crippen molar-refractivity contribution >= 4 is 29.3 Å². The summed E-state index contributed by atoms with van der Waals surface area (Å²) in [5.41, 5.74) is 2.57. The maximum Gasteiger partial charge on any atom is 0.412 e. The van der Waals surface area contributed by atoms with Gasteiger partial charge in [0.2, 0.25) is 5.91 Å². The van der Waals surface area contributed by atoms with Gasteiger partial charge < -0.3 is 24.3 Å². The number of anilines is 2. The van der Waals surface area contributed by atoms with E-state index in [0.29, 0.717) is 35.9 Å². The summed E-state index contributed by atoms with van der Waals surface area (Å²) in [6, 6.07) is 6.67. The van der Waals surface area contributed by atoms with Crippen LogP contribution in [0.5, 0.6) is 0 Å². The number of ether oxygens (including phenoxy) is 4. The number of fused-ring (bicyclic) bond motifs is 3. The molecule has 0 unspecified atom stereocenters. The van der Waals surface area contributed by atoms with Crippen molar-refractivity contribution in [2.45, 2.75) is 84.7 Å². The highest BCUT2D eigenvalue weighted by atomic mass is 16.7. The SMILES string of the molecule is C=C1CC[C@@H]2[C@]3(C)COC(C)(C)O[C@@H]3CC[C@@]2(C)[C@@H]1C/C=C1/C(=O)OC[C@H]1OC(=O)Nc1ccc(NC(C)=O)cc1. The Bertz CT molecular complexity index is 1260. The average molecular weight is 567 g/mol. The molecule has 0 aromatic heterocycles. The molecule has 5 rings (SSSR count). The maximum absolute atomic E-state index is 12.7. The minimum Gasteiger partial charge on any atom is -0.458 e. The second-order valence-corrected chi connectivity index (χ2v) is 12.9. The fraction of sp³-hybridized carbons (Fsp3) is 0.594. The van der Waals surface area contributed by atoms with Crippen LogP contribution in [0.1, 0.15) is 66.7 Å². The van der Waals surface area contributed by atoms with E-state index in [-0.39, 0.29) is 35.4 Å². The van der Waals surface area contributed by atoms with Crippen molar-refractivity contribution in [3.63, 3.8) is 0 Å². The van der Waals surface area contributed by atoms with Crippen LogP contribution in [0, 0.1) is 22.7 Å². The minimum absolute atomic E-state index is 0.0186. The van der Waals surface area contributed by atoms with Crippen LogP contribution >= 0.6 is 0 Å². The van der Waals surface area contributed by atoms with E-state index in [1.165, 1.54) is 12.5 Å². The molecule has 2 aliphatic carbocycles. The summed E-state index contributed by atoms with van der Waals surface area (Å²) in [7, 11) is 0. The van der Waals surface area contributed by atoms with Crippen LogP contribution in [0.4, 0.5) is 16.2 Å². The molecule has 4 aliphatic rings. The molecule has 2 heterocycles. The highest BCUT2D eigenvalue weighted by molar-refractivity contribution is 5.93. The number of hydrogen-bond donors (Lipinski definition) is 2. The van der Waals surface area contributed by atoms with Crippen LogP contribution in [-0.2, 0) is 28.5 Å². The molecule has 1 aromatic carbocycles. The molecule has 4 fully saturated rings. The first kappa shape index (κ1) is 29.3. The molecule has 2 aliphatic heterocycles. The monoisotopic (exact) mass is 566 g/mol. The first-order valence-electron chi connectivity index (χ1n) is 14.5. The fourth-order valence-corrected chi connectivity index (χ4v) is 7.63. The van der Waals surface area contributed by atoms with Gasteiger partial charge in [-0.05, 0) is 87.5 Å². The second kappa shape index (κ2) is 10.9. The highest BCUT2D eigenvalue weighted by Gasteiger charge is 2.60. The van der Waals surface area contributed by atoms with E-state index >= 15 is 0 Å². The van der Waals surface area contributed by atoms with Crippen molar-refractivity contribution in [2.75, 3.05) is 23.8 Å². The Hall–Kier alpha value is -3.17. The Morgan fingerprint density at radius 1 is 1.07 bits per heavy atom. The Morgan fingerprint density at radius 2 is 1.76 bits per heavy atom. The van der Waals surface area contributed by atoms with Gasteiger partial charge in [0.25, 0.3) is 0 Å². The minimum atomic E-state index is -0.794. The van der Waals surface area contributed by atoms with Crippen molar-refractivity contribution in [3.8, 4) is 0 Å². The molecule has 41 heavy (non-hydrogen) atoms. The topological polar surface area (TPSA) is 112 Å². The average Bonchev–Trinajstić information content (AvgIpc) is 3.23. The van der Waals surface area contributed by atoms with Gasteiger partial charge in [-0.25, -0.2) is 9.59 Å². The van der Waals surface area contributed by atoms with E-state index in [1.54, 1.807) is 24.3 Å². The number of benzene rings is 1. The number of carbonyl (C=O) groups is 3. The summed E-state index contributed by atoms with van der Waals surface area (Å²) in [5.74, 6) is -0.645. The zero-order valence-corrected chi connectivity index (χ0v) is 24.7. The number of esters is 1. The van der Waals surface area contributed by atoms with Crippen molar-refractivity contribution in [1.82, 2.24) is 0 Å². The van der Waals surface area contributed by atoms with Gasteiger partial charge in [0, 0.05) is 23.7 Å². The zero-order chi connectivity index (χ0) is 29.6. The third-order valence-corrected chi connectivity index (χ3v) is 9.70. The number of rotatable bonds is 5. The molecule has 1 aromatic rings. The number of hydrogen-bond acceptors (Lipinski definition) is 7. The number of carbonyl (C=O) groups excluding carboxylic acids is 3. The van der Waals surface area contributed by atoms with Gasteiger partial charge in [0.15, 0.2) is 11.9 Å². The summed E-state index contributed by atoms with van der Waals surface area (Å²) >= 11 is 0. The standard InChI is InChI=1S/C32H42N2O7/c1-19-7-14-26-31(5,16-15-27-32(26,6)18-39-30(3,4)41-27)24(19)13-12-23-25(17-38-28(23)36)40-29(37)34-22-10-8-21(9-11-22)33-20(2)35/h8-12,24-27H,1,7,13-18H2,2-6H3,(H,33,35)(H,34,37)/b23-12+/t24-,25-,26+,27-,31+,32+/m1/s1. The van der Waals surface area contributed by atoms with E-state index in [1.807, 2.05) is 19.9 Å². The third-order valence-electron chi connectivity index (χ3n) is 9.70. The van der Waals surface area contributed by atoms with Gasteiger partial charge >= 0.3 is 12.1 Å². The lowest BCUT2D eigenvalue weighted by Crippen LogP contribution is -2.62. The quantitative estimate of drug-likeness (QED) is 0.256. The number of allylic oxidation sites excluding steroid dienone is 2. The molecule has 0 bridgehead atoms. The molecular weight excluding hydrogens is 524 g/mol. The van der Waals surface area contributed by atoms with Gasteiger partial charge in [0.05, 0.1) is 18.3 Å². The van der Waals surface area contributed by atoms with Crippen LogP contribution in [0.2, 0.25) is 0 Å². The summed E-state index contributed by atoms with van der Waals surface area (Å²) < 4.78 is 23.5. The van der Waals surface area contributed by atoms with Crippen molar-refractivity contribution in [2.24, 2.45) is 22.7 Å². The van der Waals surface area contributed by atoms with Crippen molar-refractivity contribution in [3.05, 3.63) is 48.1 Å². The molecule has 2 saturated carbocycles. The van der Waals surface area contributed by atoms with Crippen molar-refractivity contribution in [1.29, 1.82) is 0 Å². The zero-order valence-electron chi connectivity index (χ0n) is 24.7. The second-order valence-electron chi connectivity index (χ2n) is 12.9. The largest absolute Gasteiger partial charge is 0.458 e. The van der Waals surface area contributed by atoms with Crippen molar-refractivity contribution < 1.29 is 33.3 Å². The van der Waals surface area contributed by atoms with E-state index in [9.17, 15) is 14.4 Å². The van der Waals surface area contributed by atoms with Gasteiger partial charge in [-0.3, -0.25) is 10.1 Å². The Morgan fingerprint density at radius 3 is 2.44 bits per heavy atom. The van der Waals surface area contributed by atoms with E-state index in [4.69, 9.17) is 18.9 Å². The predicted molar refractivity (Wildman–Crippen MR) is 154 cm³/mol. The first-order chi connectivity index (χ1) is 19.3. The molecule has 9 nitrogen and oxygen atoms in total. The Balaban J connectivity index is 1.27. The maximum atomic E-state index is 12.7. The lowest BCUT2D eigenvalue weighted by Gasteiger charge is -2.63. The molecule has 2 N–H and O–H groups in total. The van der Waals surface area contributed by atoms with Gasteiger partial charge in [-0.1, -0.05) is 32.1 Å². The molecule has 2 amide bonds. The van der Waals surface area contributed by atoms with Crippen LogP contribution < -0.4 is 10.6 Å². The smallest absolute Gasteiger partial charge is 0.412 e. The number of cyclic esters (lactones) is 1. The predicted octanol–water partition coefficient (Wildman–Crippen LogP) is 5.98. The van der Waals surface area contributed by atoms with Gasteiger partial charge in [-0.15, -0.1) is 0 Å². The van der Waals surface area contributed by atoms with Gasteiger partial charge in [-0.2, -0.15) is 0 Å². The van der Waals surface area contributed by atoms with E-state index in [2.05, 4.69) is 31.1 Å². The fourth-order valence-electron chi connectivity index (χ4n) is 7.63. The summed E-state index contributed by atoms with van der Waals surface area (Å²) in [4.78, 5) is 36.6. The summed E-state index contributed by atoms with van der Waals surface area (Å²) in [5, 5.41) is 5.35. The number of amides is 2. The molecule has 0 radical (unpaired) electrons. The number of nitrogens with one attached hydrogen (secondary N) is 2. The molecule has 222 valence electrons. The van der Waals surface area contributed by atoms with Crippen LogP contribution in [0.25, 0.3) is 0 Å². The molecule has 0 spiro atoms. The Kier molecular flexibility index (Phi) is 7.80. The molecule has 6 atom stereocenters. The first-order valence-corrected chi connectivity index (χ1v) is 14.5. The lowest BCUT2D eigenvalue weighted by atomic mass is 9.46. The molecule has 2 saturated heterocycles. The third kappa shape index (κ3) is 5.79. The summed E-state index contributed by atoms with van der Waals surface area (Å²) in [6.07, 6.45) is 5.11. The van der Waals surface area contributed by atoms with E-state index < -0.39 is 24.0 Å². The van der Waals surface area contributed by atoms with Crippen LogP contribution in [0.15, 0.2) is 48.1 Å². The van der Waals surface area contributed by atoms with Gasteiger partial charge in [0.1, 0.15) is 6.61 Å². The lowest BCUT2D eigenvalue weighted by molar-refractivity contribution is -0.344. The molecule has 9 heteroatoms. The summed E-state index contributed by atoms with van der Waals surface area (Å²) in [6.45, 7) is 15.2. The molecular formula is C32H42N2O7. The van der Waals surface area contributed by atoms with Crippen LogP contribution in [-0.4, -0.2) is 49.2 Å². The normalized spacial score (nSPS) is 35.2. The van der Waals surface area contributed by atoms with E-state index in [0.717, 1.165) is 25.7 Å².